The van der Waals surface area contributed by atoms with Crippen molar-refractivity contribution in [2.24, 2.45) is 0 Å². The Morgan fingerprint density at radius 2 is 1.76 bits per heavy atom. The van der Waals surface area contributed by atoms with Gasteiger partial charge >= 0.3 is 0 Å². The molecule has 4 aromatic heterocycles. The third-order valence-electron chi connectivity index (χ3n) is 6.75. The lowest BCUT2D eigenvalue weighted by molar-refractivity contribution is 0.161. The van der Waals surface area contributed by atoms with Crippen LogP contribution in [0.1, 0.15) is 40.5 Å². The van der Waals surface area contributed by atoms with Crippen LogP contribution in [0.25, 0.3) is 43.9 Å². The molecule has 176 valence electrons. The van der Waals surface area contributed by atoms with E-state index in [1.165, 1.54) is 0 Å². The largest absolute Gasteiger partial charge is 0.348 e. The van der Waals surface area contributed by atoms with Crippen LogP contribution in [0.5, 0.6) is 0 Å². The first-order chi connectivity index (χ1) is 16.2. The number of imidazole rings is 1. The van der Waals surface area contributed by atoms with Crippen molar-refractivity contribution in [2.75, 3.05) is 11.9 Å². The molecule has 10 heteroatoms. The predicted molar refractivity (Wildman–Crippen MR) is 137 cm³/mol. The normalized spacial score (nSPS) is 18.1. The van der Waals surface area contributed by atoms with Gasteiger partial charge in [0.25, 0.3) is 0 Å². The van der Waals surface area contributed by atoms with Crippen molar-refractivity contribution in [3.63, 3.8) is 0 Å². The van der Waals surface area contributed by atoms with Crippen molar-refractivity contribution in [3.05, 3.63) is 30.7 Å². The molecule has 1 aliphatic heterocycles. The molecule has 0 unspecified atom stereocenters. The molecule has 5 aromatic rings. The zero-order valence-corrected chi connectivity index (χ0v) is 20.8. The van der Waals surface area contributed by atoms with E-state index in [9.17, 15) is 0 Å². The topological polar surface area (TPSA) is 114 Å². The Bertz CT molecular complexity index is 1420. The number of nitrogens with one attached hydrogen (secondary N) is 4. The minimum absolute atomic E-state index is 0.0856. The molecule has 4 N–H and O–H groups in total. The van der Waals surface area contributed by atoms with Crippen molar-refractivity contribution in [3.8, 4) is 22.5 Å². The lowest BCUT2D eigenvalue weighted by Crippen LogP contribution is -2.61. The number of anilines is 1. The van der Waals surface area contributed by atoms with Gasteiger partial charge in [0.05, 0.1) is 17.9 Å². The van der Waals surface area contributed by atoms with Crippen LogP contribution < -0.4 is 10.2 Å². The fraction of sp³-hybridized carbons (Fsp3) is 0.417. The summed E-state index contributed by atoms with van der Waals surface area (Å²) in [6, 6.07) is 4.57. The number of piperidine rings is 1. The molecule has 0 bridgehead atoms. The van der Waals surface area contributed by atoms with Crippen LogP contribution in [0.4, 0.5) is 5.13 Å². The highest BCUT2D eigenvalue weighted by Crippen LogP contribution is 2.38. The van der Waals surface area contributed by atoms with Crippen molar-refractivity contribution >= 4 is 37.8 Å². The van der Waals surface area contributed by atoms with E-state index in [0.717, 1.165) is 61.9 Å². The van der Waals surface area contributed by atoms with E-state index < -0.39 is 0 Å². The maximum atomic E-state index is 4.92. The highest BCUT2D eigenvalue weighted by Gasteiger charge is 2.39. The van der Waals surface area contributed by atoms with E-state index in [-0.39, 0.29) is 11.1 Å². The van der Waals surface area contributed by atoms with Crippen LogP contribution in [-0.2, 0) is 0 Å². The third kappa shape index (κ3) is 3.57. The van der Waals surface area contributed by atoms with Crippen molar-refractivity contribution in [1.82, 2.24) is 40.7 Å². The molecule has 1 aromatic carbocycles. The number of rotatable bonds is 4. The number of H-pyrrole nitrogens is 3. The Morgan fingerprint density at radius 1 is 1.00 bits per heavy atom. The maximum absolute atomic E-state index is 4.92. The molecule has 9 nitrogen and oxygen atoms in total. The van der Waals surface area contributed by atoms with Gasteiger partial charge in [-0.05, 0) is 52.2 Å². The lowest BCUT2D eigenvalue weighted by Gasteiger charge is -2.48. The highest BCUT2D eigenvalue weighted by molar-refractivity contribution is 7.21. The molecule has 5 heterocycles. The summed E-state index contributed by atoms with van der Waals surface area (Å²) in [5, 5.41) is 20.2. The number of aromatic amines is 3. The van der Waals surface area contributed by atoms with Gasteiger partial charge in [0, 0.05) is 46.9 Å². The van der Waals surface area contributed by atoms with E-state index in [1.54, 1.807) is 11.3 Å². The van der Waals surface area contributed by atoms with Gasteiger partial charge in [-0.2, -0.15) is 10.2 Å². The molecule has 1 fully saturated rings. The van der Waals surface area contributed by atoms with E-state index in [2.05, 4.69) is 82.5 Å². The summed E-state index contributed by atoms with van der Waals surface area (Å²) in [4.78, 5) is 16.5. The number of thiazole rings is 1. The fourth-order valence-electron chi connectivity index (χ4n) is 5.56. The summed E-state index contributed by atoms with van der Waals surface area (Å²) >= 11 is 1.64. The minimum Gasteiger partial charge on any atom is -0.348 e. The summed E-state index contributed by atoms with van der Waals surface area (Å²) in [6.07, 6.45) is 7.69. The first-order valence-electron chi connectivity index (χ1n) is 11.5. The quantitative estimate of drug-likeness (QED) is 0.300. The SMILES string of the molecule is CN(c1nc2[nH]c(-c3ccc(-c4cn[nH]c4)c4cn[nH]c34)nc2s1)C1CC(C)(C)NC(C)(C)C1. The second-order valence-corrected chi connectivity index (χ2v) is 11.6. The number of aromatic nitrogens is 7. The Hall–Kier alpha value is -3.24. The van der Waals surface area contributed by atoms with Crippen LogP contribution in [-0.4, -0.2) is 59.5 Å². The third-order valence-corrected chi connectivity index (χ3v) is 7.79. The molecule has 0 atom stereocenters. The number of benzene rings is 1. The van der Waals surface area contributed by atoms with Gasteiger partial charge in [-0.3, -0.25) is 10.2 Å². The predicted octanol–water partition coefficient (Wildman–Crippen LogP) is 4.70. The minimum atomic E-state index is 0.0856. The molecule has 0 amide bonds. The summed E-state index contributed by atoms with van der Waals surface area (Å²) < 4.78 is 0. The van der Waals surface area contributed by atoms with Gasteiger partial charge in [-0.25, -0.2) is 9.97 Å². The van der Waals surface area contributed by atoms with Gasteiger partial charge in [-0.15, -0.1) is 0 Å². The standard InChI is InChI=1S/C24H29N9S/c1-23(2)8-14(9-24(3,4)32-23)33(5)22-30-20-21(34-22)29-19(28-20)16-7-6-15(13-10-25-26-11-13)17-12-27-31-18(16)17/h6-7,10-12,14,32H,8-9H2,1-5H3,(H,25,26)(H,27,31)(H,28,29). The van der Waals surface area contributed by atoms with Crippen LogP contribution in [0.3, 0.4) is 0 Å². The Labute approximate surface area is 201 Å². The first kappa shape index (κ1) is 21.3. The van der Waals surface area contributed by atoms with Gasteiger partial charge in [0.2, 0.25) is 0 Å². The lowest BCUT2D eigenvalue weighted by atomic mass is 9.79. The molecule has 6 rings (SSSR count). The van der Waals surface area contributed by atoms with Gasteiger partial charge in [-0.1, -0.05) is 17.4 Å². The number of hydrogen-bond acceptors (Lipinski definition) is 7. The molecular weight excluding hydrogens is 446 g/mol. The molecular formula is C24H29N9S. The van der Waals surface area contributed by atoms with Crippen molar-refractivity contribution in [1.29, 1.82) is 0 Å². The van der Waals surface area contributed by atoms with E-state index >= 15 is 0 Å². The summed E-state index contributed by atoms with van der Waals surface area (Å²) in [7, 11) is 2.16. The second-order valence-electron chi connectivity index (χ2n) is 10.6. The van der Waals surface area contributed by atoms with Gasteiger partial charge in [0.1, 0.15) is 5.82 Å². The van der Waals surface area contributed by atoms with Gasteiger partial charge < -0.3 is 15.2 Å². The molecule has 0 aliphatic carbocycles. The highest BCUT2D eigenvalue weighted by atomic mass is 32.1. The summed E-state index contributed by atoms with van der Waals surface area (Å²) in [6.45, 7) is 9.12. The van der Waals surface area contributed by atoms with Crippen LogP contribution in [0.2, 0.25) is 0 Å². The maximum Gasteiger partial charge on any atom is 0.189 e. The molecule has 0 radical (unpaired) electrons. The summed E-state index contributed by atoms with van der Waals surface area (Å²) in [5.41, 5.74) is 5.01. The average Bonchev–Trinajstić information content (AvgIpc) is 3.53. The van der Waals surface area contributed by atoms with Crippen molar-refractivity contribution in [2.45, 2.75) is 57.7 Å². The molecule has 0 spiro atoms. The molecule has 0 saturated carbocycles. The second kappa shape index (κ2) is 7.38. The molecule has 34 heavy (non-hydrogen) atoms. The van der Waals surface area contributed by atoms with Crippen LogP contribution in [0.15, 0.2) is 30.7 Å². The Kier molecular flexibility index (Phi) is 4.62. The van der Waals surface area contributed by atoms with Crippen LogP contribution in [0, 0.1) is 0 Å². The summed E-state index contributed by atoms with van der Waals surface area (Å²) in [5.74, 6) is 0.792. The van der Waals surface area contributed by atoms with E-state index in [4.69, 9.17) is 9.97 Å². The zero-order valence-electron chi connectivity index (χ0n) is 20.0. The smallest absolute Gasteiger partial charge is 0.189 e. The average molecular weight is 476 g/mol. The number of hydrogen-bond donors (Lipinski definition) is 4. The van der Waals surface area contributed by atoms with Crippen molar-refractivity contribution < 1.29 is 0 Å². The van der Waals surface area contributed by atoms with Crippen LogP contribution >= 0.6 is 11.3 Å². The van der Waals surface area contributed by atoms with E-state index in [0.29, 0.717) is 6.04 Å². The number of fused-ring (bicyclic) bond motifs is 2. The first-order valence-corrected chi connectivity index (χ1v) is 12.4. The Morgan fingerprint density at radius 3 is 2.47 bits per heavy atom. The van der Waals surface area contributed by atoms with Gasteiger partial charge in [0.15, 0.2) is 15.6 Å². The zero-order chi connectivity index (χ0) is 23.7. The fourth-order valence-corrected chi connectivity index (χ4v) is 6.49. The van der Waals surface area contributed by atoms with E-state index in [1.807, 2.05) is 18.6 Å². The number of nitrogens with zero attached hydrogens (tertiary/aromatic N) is 5. The Balaban J connectivity index is 1.32. The monoisotopic (exact) mass is 475 g/mol. The molecule has 1 aliphatic rings. The molecule has 1 saturated heterocycles.